The maximum absolute atomic E-state index is 12.0. The van der Waals surface area contributed by atoms with Crippen LogP contribution in [0.5, 0.6) is 0 Å². The Bertz CT molecular complexity index is 406. The van der Waals surface area contributed by atoms with Crippen LogP contribution < -0.4 is 5.32 Å². The largest absolute Gasteiger partial charge is 0.329 e. The molecule has 0 aromatic rings. The quantitative estimate of drug-likeness (QED) is 0.781. The summed E-state index contributed by atoms with van der Waals surface area (Å²) in [4.78, 5) is 12.0. The van der Waals surface area contributed by atoms with Gasteiger partial charge in [0.2, 0.25) is 5.91 Å². The molecule has 1 unspecified atom stereocenters. The predicted octanol–water partition coefficient (Wildman–Crippen LogP) is 4.96. The van der Waals surface area contributed by atoms with E-state index < -0.39 is 0 Å². The van der Waals surface area contributed by atoms with E-state index in [1.165, 1.54) is 0 Å². The molecule has 0 fully saturated rings. The predicted molar refractivity (Wildman–Crippen MR) is 90.5 cm³/mol. The molecule has 0 aromatic carbocycles. The highest BCUT2D eigenvalue weighted by atomic mass is 16.1. The first kappa shape index (κ1) is 21.7. The summed E-state index contributed by atoms with van der Waals surface area (Å²) in [5.74, 6) is -0.0252. The molecule has 1 atom stereocenters. The Labute approximate surface area is 131 Å². The molecule has 1 aliphatic carbocycles. The highest BCUT2D eigenvalue weighted by molar-refractivity contribution is 5.80. The monoisotopic (exact) mass is 292 g/mol. The molecular weight excluding hydrogens is 260 g/mol. The first-order valence-corrected chi connectivity index (χ1v) is 7.96. The van der Waals surface area contributed by atoms with E-state index in [-0.39, 0.29) is 17.2 Å². The van der Waals surface area contributed by atoms with Gasteiger partial charge in [0, 0.05) is 17.2 Å². The zero-order chi connectivity index (χ0) is 17.1. The van der Waals surface area contributed by atoms with Crippen LogP contribution in [0.2, 0.25) is 0 Å². The van der Waals surface area contributed by atoms with E-state index in [1.54, 1.807) is 6.08 Å². The Morgan fingerprint density at radius 3 is 2.24 bits per heavy atom. The first-order valence-electron chi connectivity index (χ1n) is 7.96. The number of carbonyl (C=O) groups excluding carboxylic acids is 1. The van der Waals surface area contributed by atoms with Gasteiger partial charge in [-0.1, -0.05) is 61.5 Å². The van der Waals surface area contributed by atoms with Crippen molar-refractivity contribution in [2.45, 2.75) is 68.2 Å². The van der Waals surface area contributed by atoms with Gasteiger partial charge in [-0.15, -0.1) is 0 Å². The van der Waals surface area contributed by atoms with E-state index in [1.807, 2.05) is 61.5 Å². The normalized spacial score (nSPS) is 14.8. The summed E-state index contributed by atoms with van der Waals surface area (Å²) in [7, 11) is 0. The number of nitrogens with one attached hydrogen (secondary N) is 1. The van der Waals surface area contributed by atoms with Crippen molar-refractivity contribution >= 4 is 5.91 Å². The van der Waals surface area contributed by atoms with Gasteiger partial charge in [-0.05, 0) is 24.3 Å². The van der Waals surface area contributed by atoms with Gasteiger partial charge in [-0.2, -0.15) is 5.26 Å². The molecule has 3 nitrogen and oxygen atoms in total. The van der Waals surface area contributed by atoms with E-state index in [0.717, 1.165) is 18.5 Å². The van der Waals surface area contributed by atoms with Crippen molar-refractivity contribution in [2.24, 2.45) is 11.3 Å². The molecule has 0 bridgehead atoms. The molecule has 0 aliphatic heterocycles. The summed E-state index contributed by atoms with van der Waals surface area (Å²) >= 11 is 0. The van der Waals surface area contributed by atoms with Crippen molar-refractivity contribution in [3.8, 4) is 6.07 Å². The minimum atomic E-state index is -0.0557. The van der Waals surface area contributed by atoms with Crippen LogP contribution in [0.4, 0.5) is 0 Å². The lowest BCUT2D eigenvalue weighted by molar-refractivity contribution is -0.126. The third-order valence-corrected chi connectivity index (χ3v) is 3.21. The molecule has 0 radical (unpaired) electrons. The zero-order valence-corrected chi connectivity index (χ0v) is 15.0. The van der Waals surface area contributed by atoms with Crippen molar-refractivity contribution in [3.05, 3.63) is 23.4 Å². The third kappa shape index (κ3) is 8.34. The van der Waals surface area contributed by atoms with Crippen LogP contribution in [0.3, 0.4) is 0 Å². The number of carbonyl (C=O) groups is 1. The minimum Gasteiger partial charge on any atom is -0.329 e. The van der Waals surface area contributed by atoms with Crippen LogP contribution in [-0.2, 0) is 4.79 Å². The average Bonchev–Trinajstić information content (AvgIpc) is 2.49. The lowest BCUT2D eigenvalue weighted by atomic mass is 9.81. The lowest BCUT2D eigenvalue weighted by Crippen LogP contribution is -2.35. The maximum atomic E-state index is 12.0. The summed E-state index contributed by atoms with van der Waals surface area (Å²) in [6.07, 6.45) is 5.27. The summed E-state index contributed by atoms with van der Waals surface area (Å²) in [5.41, 5.74) is 1.44. The van der Waals surface area contributed by atoms with E-state index in [2.05, 4.69) is 11.4 Å². The second-order valence-corrected chi connectivity index (χ2v) is 5.56. The van der Waals surface area contributed by atoms with E-state index in [4.69, 9.17) is 5.26 Å². The van der Waals surface area contributed by atoms with E-state index in [0.29, 0.717) is 5.57 Å². The van der Waals surface area contributed by atoms with Crippen LogP contribution in [0.25, 0.3) is 0 Å². The number of hydrogen-bond acceptors (Lipinski definition) is 2. The molecule has 0 heterocycles. The fraction of sp³-hybridized carbons (Fsp3) is 0.667. The lowest BCUT2D eigenvalue weighted by Gasteiger charge is -2.26. The van der Waals surface area contributed by atoms with Crippen LogP contribution >= 0.6 is 0 Å². The summed E-state index contributed by atoms with van der Waals surface area (Å²) in [6, 6.07) is 2.10. The minimum absolute atomic E-state index is 0.0305. The van der Waals surface area contributed by atoms with E-state index >= 15 is 0 Å². The van der Waals surface area contributed by atoms with Gasteiger partial charge < -0.3 is 5.32 Å². The number of rotatable bonds is 2. The van der Waals surface area contributed by atoms with Crippen LogP contribution in [0, 0.1) is 22.7 Å². The van der Waals surface area contributed by atoms with Gasteiger partial charge in [0.15, 0.2) is 0 Å². The molecule has 1 aliphatic rings. The highest BCUT2D eigenvalue weighted by Gasteiger charge is 2.27. The van der Waals surface area contributed by atoms with Crippen molar-refractivity contribution in [1.29, 1.82) is 5.26 Å². The Morgan fingerprint density at radius 2 is 1.81 bits per heavy atom. The Morgan fingerprint density at radius 1 is 1.29 bits per heavy atom. The molecule has 1 N–H and O–H groups in total. The standard InChI is InChI=1S/C14H20N2O.2C2H6/c1-10(14(2,3)4)13(17)16-12-7-5-6-11(8-12)9-15;2*1-2/h6,8,10H,5,7H2,1-4H3,(H,16,17);2*1-2H3. The van der Waals surface area contributed by atoms with Crippen molar-refractivity contribution in [2.75, 3.05) is 0 Å². The number of hydrogen-bond donors (Lipinski definition) is 1. The van der Waals surface area contributed by atoms with Gasteiger partial charge in [-0.3, -0.25) is 4.79 Å². The third-order valence-electron chi connectivity index (χ3n) is 3.21. The molecule has 0 saturated heterocycles. The molecule has 21 heavy (non-hydrogen) atoms. The fourth-order valence-corrected chi connectivity index (χ4v) is 1.54. The Balaban J connectivity index is 0. The molecule has 1 amide bonds. The number of nitriles is 1. The Hall–Kier alpha value is -1.56. The molecule has 120 valence electrons. The maximum Gasteiger partial charge on any atom is 0.227 e. The number of allylic oxidation sites excluding steroid dienone is 4. The molecule has 3 heteroatoms. The van der Waals surface area contributed by atoms with Crippen LogP contribution in [0.15, 0.2) is 23.4 Å². The Kier molecular flexibility index (Phi) is 11.5. The second-order valence-electron chi connectivity index (χ2n) is 5.56. The van der Waals surface area contributed by atoms with Gasteiger partial charge in [0.1, 0.15) is 0 Å². The van der Waals surface area contributed by atoms with E-state index in [9.17, 15) is 4.79 Å². The topological polar surface area (TPSA) is 52.9 Å². The molecule has 1 rings (SSSR count). The molecule has 0 spiro atoms. The van der Waals surface area contributed by atoms with Crippen molar-refractivity contribution in [1.82, 2.24) is 5.32 Å². The van der Waals surface area contributed by atoms with Gasteiger partial charge in [0.05, 0.1) is 6.07 Å². The van der Waals surface area contributed by atoms with Crippen molar-refractivity contribution < 1.29 is 4.79 Å². The summed E-state index contributed by atoms with van der Waals surface area (Å²) in [5, 5.41) is 11.7. The fourth-order valence-electron chi connectivity index (χ4n) is 1.54. The number of amides is 1. The highest BCUT2D eigenvalue weighted by Crippen LogP contribution is 2.26. The second kappa shape index (κ2) is 11.1. The molecular formula is C18H32N2O. The number of nitrogens with zero attached hydrogens (tertiary/aromatic N) is 1. The van der Waals surface area contributed by atoms with Crippen LogP contribution in [0.1, 0.15) is 68.2 Å². The zero-order valence-electron chi connectivity index (χ0n) is 15.0. The van der Waals surface area contributed by atoms with Gasteiger partial charge in [0.25, 0.3) is 0 Å². The van der Waals surface area contributed by atoms with Gasteiger partial charge in [-0.25, -0.2) is 0 Å². The SMILES string of the molecule is CC.CC.CC(C(=O)NC1=CC(C#N)=CCC1)C(C)(C)C. The smallest absolute Gasteiger partial charge is 0.227 e. The molecule has 0 aromatic heterocycles. The summed E-state index contributed by atoms with van der Waals surface area (Å²) in [6.45, 7) is 16.1. The van der Waals surface area contributed by atoms with Gasteiger partial charge >= 0.3 is 0 Å². The summed E-state index contributed by atoms with van der Waals surface area (Å²) < 4.78 is 0. The average molecular weight is 292 g/mol. The molecule has 0 saturated carbocycles. The first-order chi connectivity index (χ1) is 9.84. The van der Waals surface area contributed by atoms with Crippen LogP contribution in [-0.4, -0.2) is 5.91 Å². The van der Waals surface area contributed by atoms with Crippen molar-refractivity contribution in [3.63, 3.8) is 0 Å².